The summed E-state index contributed by atoms with van der Waals surface area (Å²) in [7, 11) is 0. The summed E-state index contributed by atoms with van der Waals surface area (Å²) in [6.45, 7) is 6.88. The molecule has 0 saturated carbocycles. The smallest absolute Gasteiger partial charge is 0.227 e. The van der Waals surface area contributed by atoms with Crippen molar-refractivity contribution < 1.29 is 4.79 Å². The molecule has 6 heteroatoms. The molecular formula is C23H31N5O. The Hall–Kier alpha value is -2.60. The molecule has 0 unspecified atom stereocenters. The van der Waals surface area contributed by atoms with Crippen LogP contribution in [0.1, 0.15) is 31.2 Å². The van der Waals surface area contributed by atoms with Crippen molar-refractivity contribution in [3.05, 3.63) is 48.2 Å². The SMILES string of the molecule is Cc1cccnc1NCCNC1CCN(c2ccc(N3CCCC3=O)cc2)CC1. The quantitative estimate of drug-likeness (QED) is 0.708. The van der Waals surface area contributed by atoms with Gasteiger partial charge in [-0.15, -0.1) is 0 Å². The highest BCUT2D eigenvalue weighted by atomic mass is 16.2. The molecule has 0 spiro atoms. The molecule has 2 aliphatic rings. The van der Waals surface area contributed by atoms with Crippen molar-refractivity contribution in [2.24, 2.45) is 0 Å². The van der Waals surface area contributed by atoms with Crippen molar-refractivity contribution in [1.29, 1.82) is 0 Å². The summed E-state index contributed by atoms with van der Waals surface area (Å²) in [5.41, 5.74) is 3.47. The first-order chi connectivity index (χ1) is 14.2. The highest BCUT2D eigenvalue weighted by Crippen LogP contribution is 2.26. The largest absolute Gasteiger partial charge is 0.371 e. The molecule has 1 aromatic carbocycles. The standard InChI is InChI=1S/C23H31N5O/c1-18-4-2-12-25-23(18)26-14-13-24-19-10-16-27(17-11-19)20-6-8-21(9-7-20)28-15-3-5-22(28)29/h2,4,6-9,12,19,24H,3,5,10-11,13-17H2,1H3,(H,25,26). The van der Waals surface area contributed by atoms with E-state index in [1.807, 2.05) is 17.2 Å². The number of aromatic nitrogens is 1. The Morgan fingerprint density at radius 2 is 1.79 bits per heavy atom. The average molecular weight is 394 g/mol. The molecule has 154 valence electrons. The predicted octanol–water partition coefficient (Wildman–Crippen LogP) is 3.19. The fraction of sp³-hybridized carbons (Fsp3) is 0.478. The Bertz CT molecular complexity index is 814. The molecule has 0 bridgehead atoms. The Balaban J connectivity index is 1.19. The third-order valence-corrected chi connectivity index (χ3v) is 5.95. The van der Waals surface area contributed by atoms with Gasteiger partial charge in [0, 0.05) is 62.8 Å². The fourth-order valence-electron chi connectivity index (χ4n) is 4.23. The summed E-state index contributed by atoms with van der Waals surface area (Å²) in [6, 6.07) is 13.1. The van der Waals surface area contributed by atoms with Gasteiger partial charge in [0.25, 0.3) is 0 Å². The van der Waals surface area contributed by atoms with Gasteiger partial charge in [0.2, 0.25) is 5.91 Å². The maximum atomic E-state index is 11.9. The number of amides is 1. The normalized spacial score (nSPS) is 17.8. The van der Waals surface area contributed by atoms with Gasteiger partial charge in [0.05, 0.1) is 0 Å². The highest BCUT2D eigenvalue weighted by molar-refractivity contribution is 5.95. The van der Waals surface area contributed by atoms with E-state index in [2.05, 4.69) is 57.8 Å². The van der Waals surface area contributed by atoms with Crippen LogP contribution < -0.4 is 20.4 Å². The minimum atomic E-state index is 0.248. The van der Waals surface area contributed by atoms with E-state index in [-0.39, 0.29) is 5.91 Å². The van der Waals surface area contributed by atoms with Gasteiger partial charge in [-0.3, -0.25) is 4.79 Å². The van der Waals surface area contributed by atoms with Crippen molar-refractivity contribution in [2.75, 3.05) is 47.8 Å². The van der Waals surface area contributed by atoms with E-state index in [9.17, 15) is 4.79 Å². The molecule has 2 aliphatic heterocycles. The van der Waals surface area contributed by atoms with Gasteiger partial charge in [0.1, 0.15) is 5.82 Å². The van der Waals surface area contributed by atoms with Crippen LogP contribution in [0.15, 0.2) is 42.6 Å². The maximum Gasteiger partial charge on any atom is 0.227 e. The van der Waals surface area contributed by atoms with Crippen molar-refractivity contribution in [3.63, 3.8) is 0 Å². The molecule has 29 heavy (non-hydrogen) atoms. The van der Waals surface area contributed by atoms with Gasteiger partial charge in [-0.1, -0.05) is 6.07 Å². The van der Waals surface area contributed by atoms with E-state index in [1.54, 1.807) is 0 Å². The van der Waals surface area contributed by atoms with Gasteiger partial charge < -0.3 is 20.4 Å². The van der Waals surface area contributed by atoms with Crippen LogP contribution in [0.4, 0.5) is 17.2 Å². The lowest BCUT2D eigenvalue weighted by atomic mass is 10.0. The second-order valence-corrected chi connectivity index (χ2v) is 7.98. The molecule has 2 fully saturated rings. The highest BCUT2D eigenvalue weighted by Gasteiger charge is 2.22. The lowest BCUT2D eigenvalue weighted by Crippen LogP contribution is -2.43. The number of benzene rings is 1. The monoisotopic (exact) mass is 393 g/mol. The topological polar surface area (TPSA) is 60.5 Å². The molecule has 2 N–H and O–H groups in total. The third kappa shape index (κ3) is 4.88. The number of pyridine rings is 1. The first-order valence-corrected chi connectivity index (χ1v) is 10.7. The molecule has 1 amide bonds. The third-order valence-electron chi connectivity index (χ3n) is 5.95. The minimum absolute atomic E-state index is 0.248. The summed E-state index contributed by atoms with van der Waals surface area (Å²) in [4.78, 5) is 20.6. The Kier molecular flexibility index (Phi) is 6.30. The van der Waals surface area contributed by atoms with Crippen LogP contribution in [-0.2, 0) is 4.79 Å². The first-order valence-electron chi connectivity index (χ1n) is 10.7. The van der Waals surface area contributed by atoms with Crippen molar-refractivity contribution in [3.8, 4) is 0 Å². The number of anilines is 3. The van der Waals surface area contributed by atoms with Crippen LogP contribution in [0, 0.1) is 6.92 Å². The van der Waals surface area contributed by atoms with Crippen molar-refractivity contribution in [2.45, 2.75) is 38.6 Å². The second-order valence-electron chi connectivity index (χ2n) is 7.98. The van der Waals surface area contributed by atoms with Gasteiger partial charge in [-0.2, -0.15) is 0 Å². The summed E-state index contributed by atoms with van der Waals surface area (Å²) in [6.07, 6.45) is 5.77. The number of carbonyl (C=O) groups excluding carboxylic acids is 1. The molecule has 2 aromatic rings. The zero-order valence-corrected chi connectivity index (χ0v) is 17.2. The zero-order valence-electron chi connectivity index (χ0n) is 17.2. The molecule has 0 radical (unpaired) electrons. The van der Waals surface area contributed by atoms with Gasteiger partial charge in [-0.25, -0.2) is 4.98 Å². The van der Waals surface area contributed by atoms with Crippen LogP contribution >= 0.6 is 0 Å². The molecule has 1 aromatic heterocycles. The number of hydrogen-bond acceptors (Lipinski definition) is 5. The van der Waals surface area contributed by atoms with E-state index >= 15 is 0 Å². The number of rotatable bonds is 7. The van der Waals surface area contributed by atoms with Crippen LogP contribution in [0.2, 0.25) is 0 Å². The zero-order chi connectivity index (χ0) is 20.1. The van der Waals surface area contributed by atoms with Crippen molar-refractivity contribution in [1.82, 2.24) is 10.3 Å². The van der Waals surface area contributed by atoms with Crippen LogP contribution in [-0.4, -0.2) is 49.7 Å². The van der Waals surface area contributed by atoms with E-state index < -0.39 is 0 Å². The predicted molar refractivity (Wildman–Crippen MR) is 119 cm³/mol. The fourth-order valence-corrected chi connectivity index (χ4v) is 4.23. The molecular weight excluding hydrogens is 362 g/mol. The number of nitrogens with zero attached hydrogens (tertiary/aromatic N) is 3. The first kappa shape index (κ1) is 19.7. The number of hydrogen-bond donors (Lipinski definition) is 2. The van der Waals surface area contributed by atoms with Crippen molar-refractivity contribution >= 4 is 23.1 Å². The molecule has 4 rings (SSSR count). The number of carbonyl (C=O) groups is 1. The minimum Gasteiger partial charge on any atom is -0.371 e. The summed E-state index contributed by atoms with van der Waals surface area (Å²) in [5, 5.41) is 7.08. The molecule has 0 atom stereocenters. The number of piperidine rings is 1. The van der Waals surface area contributed by atoms with Gasteiger partial charge in [-0.05, 0) is 62.1 Å². The maximum absolute atomic E-state index is 11.9. The van der Waals surface area contributed by atoms with Gasteiger partial charge in [0.15, 0.2) is 0 Å². The second kappa shape index (κ2) is 9.27. The van der Waals surface area contributed by atoms with E-state index in [0.29, 0.717) is 12.5 Å². The van der Waals surface area contributed by atoms with Crippen LogP contribution in [0.3, 0.4) is 0 Å². The number of aryl methyl sites for hydroxylation is 1. The van der Waals surface area contributed by atoms with E-state index in [4.69, 9.17) is 0 Å². The number of nitrogens with one attached hydrogen (secondary N) is 2. The summed E-state index contributed by atoms with van der Waals surface area (Å²) < 4.78 is 0. The summed E-state index contributed by atoms with van der Waals surface area (Å²) >= 11 is 0. The van der Waals surface area contributed by atoms with Crippen LogP contribution in [0.25, 0.3) is 0 Å². The molecule has 6 nitrogen and oxygen atoms in total. The molecule has 3 heterocycles. The Morgan fingerprint density at radius 1 is 1.03 bits per heavy atom. The Labute approximate surface area is 173 Å². The van der Waals surface area contributed by atoms with E-state index in [0.717, 1.165) is 63.5 Å². The van der Waals surface area contributed by atoms with E-state index in [1.165, 1.54) is 11.3 Å². The van der Waals surface area contributed by atoms with Crippen LogP contribution in [0.5, 0.6) is 0 Å². The molecule has 2 saturated heterocycles. The molecule has 0 aliphatic carbocycles. The lowest BCUT2D eigenvalue weighted by Gasteiger charge is -2.34. The lowest BCUT2D eigenvalue weighted by molar-refractivity contribution is -0.117. The average Bonchev–Trinajstić information content (AvgIpc) is 3.19. The Morgan fingerprint density at radius 3 is 2.48 bits per heavy atom. The summed E-state index contributed by atoms with van der Waals surface area (Å²) in [5.74, 6) is 1.22. The van der Waals surface area contributed by atoms with Gasteiger partial charge >= 0.3 is 0 Å².